The molecule has 6 nitrogen and oxygen atoms in total. The molecule has 30 heavy (non-hydrogen) atoms. The van der Waals surface area contributed by atoms with Crippen molar-refractivity contribution >= 4 is 29.3 Å². The SMILES string of the molecule is Cc1cc(C)c(C(=O)CSC2=C(C(N)=O)C3(CCCCC3)C(C#N)C(N)=N2)cc1C. The number of primary amides is 1. The van der Waals surface area contributed by atoms with Crippen molar-refractivity contribution < 1.29 is 9.59 Å². The highest BCUT2D eigenvalue weighted by molar-refractivity contribution is 8.03. The molecule has 7 heteroatoms. The summed E-state index contributed by atoms with van der Waals surface area (Å²) in [6.45, 7) is 5.92. The second-order valence-electron chi connectivity index (χ2n) is 8.32. The van der Waals surface area contributed by atoms with E-state index < -0.39 is 17.2 Å². The zero-order valence-corrected chi connectivity index (χ0v) is 18.6. The highest BCUT2D eigenvalue weighted by Gasteiger charge is 2.50. The Labute approximate surface area is 181 Å². The number of aryl methyl sites for hydroxylation is 3. The molecule has 1 saturated carbocycles. The van der Waals surface area contributed by atoms with E-state index in [0.717, 1.165) is 36.0 Å². The monoisotopic (exact) mass is 424 g/mol. The fourth-order valence-corrected chi connectivity index (χ4v) is 5.76. The molecular formula is C23H28N4O2S. The van der Waals surface area contributed by atoms with Crippen LogP contribution in [-0.4, -0.2) is 23.3 Å². The molecule has 0 saturated heterocycles. The van der Waals surface area contributed by atoms with Gasteiger partial charge in [-0.05, 0) is 56.4 Å². The maximum Gasteiger partial charge on any atom is 0.247 e. The highest BCUT2D eigenvalue weighted by Crippen LogP contribution is 2.52. The molecule has 0 bridgehead atoms. The molecule has 0 aromatic heterocycles. The summed E-state index contributed by atoms with van der Waals surface area (Å²) in [5, 5.41) is 10.2. The summed E-state index contributed by atoms with van der Waals surface area (Å²) in [6, 6.07) is 6.17. The summed E-state index contributed by atoms with van der Waals surface area (Å²) >= 11 is 1.19. The number of carbonyl (C=O) groups is 2. The average molecular weight is 425 g/mol. The summed E-state index contributed by atoms with van der Waals surface area (Å²) in [6.07, 6.45) is 4.21. The molecular weight excluding hydrogens is 396 g/mol. The third-order valence-corrected chi connectivity index (χ3v) is 7.37. The second-order valence-corrected chi connectivity index (χ2v) is 9.29. The normalized spacial score (nSPS) is 20.6. The molecule has 1 amide bonds. The number of nitriles is 1. The molecule has 4 N–H and O–H groups in total. The summed E-state index contributed by atoms with van der Waals surface area (Å²) in [5.74, 6) is -0.944. The molecule has 1 aromatic carbocycles. The van der Waals surface area contributed by atoms with Gasteiger partial charge in [-0.3, -0.25) is 9.59 Å². The minimum Gasteiger partial charge on any atom is -0.386 e. The second kappa shape index (κ2) is 8.65. The quantitative estimate of drug-likeness (QED) is 0.698. The van der Waals surface area contributed by atoms with Crippen LogP contribution >= 0.6 is 11.8 Å². The van der Waals surface area contributed by atoms with E-state index in [2.05, 4.69) is 11.1 Å². The molecule has 1 aliphatic heterocycles. The first-order chi connectivity index (χ1) is 14.2. The number of thioether (sulfide) groups is 1. The Hall–Kier alpha value is -2.59. The summed E-state index contributed by atoms with van der Waals surface area (Å²) in [4.78, 5) is 29.8. The van der Waals surface area contributed by atoms with E-state index in [9.17, 15) is 14.9 Å². The lowest BCUT2D eigenvalue weighted by molar-refractivity contribution is -0.116. The van der Waals surface area contributed by atoms with Gasteiger partial charge >= 0.3 is 0 Å². The Morgan fingerprint density at radius 1 is 1.17 bits per heavy atom. The number of aliphatic imine (C=N–C) groups is 1. The van der Waals surface area contributed by atoms with Gasteiger partial charge in [-0.2, -0.15) is 5.26 Å². The van der Waals surface area contributed by atoms with Gasteiger partial charge in [0.25, 0.3) is 0 Å². The minimum atomic E-state index is -0.702. The van der Waals surface area contributed by atoms with Gasteiger partial charge in [-0.1, -0.05) is 37.1 Å². The van der Waals surface area contributed by atoms with Crippen LogP contribution in [0.2, 0.25) is 0 Å². The molecule has 1 atom stereocenters. The van der Waals surface area contributed by atoms with Crippen LogP contribution in [0.1, 0.15) is 59.2 Å². The van der Waals surface area contributed by atoms with E-state index >= 15 is 0 Å². The van der Waals surface area contributed by atoms with Crippen LogP contribution in [0.3, 0.4) is 0 Å². The smallest absolute Gasteiger partial charge is 0.247 e. The number of Topliss-reactive ketones (excluding diaryl/α,β-unsaturated/α-hetero) is 1. The average Bonchev–Trinajstić information content (AvgIpc) is 2.69. The van der Waals surface area contributed by atoms with Gasteiger partial charge in [0.05, 0.1) is 17.4 Å². The highest BCUT2D eigenvalue weighted by atomic mass is 32.2. The van der Waals surface area contributed by atoms with Gasteiger partial charge < -0.3 is 11.5 Å². The summed E-state index contributed by atoms with van der Waals surface area (Å²) in [7, 11) is 0. The van der Waals surface area contributed by atoms with Crippen LogP contribution in [0.15, 0.2) is 27.7 Å². The van der Waals surface area contributed by atoms with Gasteiger partial charge in [0.15, 0.2) is 5.78 Å². The van der Waals surface area contributed by atoms with E-state index in [0.29, 0.717) is 29.0 Å². The zero-order valence-electron chi connectivity index (χ0n) is 17.7. The molecule has 158 valence electrons. The number of hydrogen-bond donors (Lipinski definition) is 2. The van der Waals surface area contributed by atoms with E-state index in [1.807, 2.05) is 32.9 Å². The lowest BCUT2D eigenvalue weighted by Gasteiger charge is -2.43. The molecule has 3 rings (SSSR count). The number of nitrogens with zero attached hydrogens (tertiary/aromatic N) is 2. The predicted molar refractivity (Wildman–Crippen MR) is 120 cm³/mol. The minimum absolute atomic E-state index is 0.0363. The summed E-state index contributed by atoms with van der Waals surface area (Å²) < 4.78 is 0. The number of amides is 1. The third kappa shape index (κ3) is 3.89. The molecule has 1 spiro atoms. The van der Waals surface area contributed by atoms with Crippen LogP contribution in [0.4, 0.5) is 0 Å². The maximum absolute atomic E-state index is 12.9. The number of benzene rings is 1. The van der Waals surface area contributed by atoms with Crippen molar-refractivity contribution in [2.45, 2.75) is 52.9 Å². The lowest BCUT2D eigenvalue weighted by atomic mass is 9.60. The largest absolute Gasteiger partial charge is 0.386 e. The topological polar surface area (TPSA) is 122 Å². The first-order valence-corrected chi connectivity index (χ1v) is 11.2. The Morgan fingerprint density at radius 2 is 1.80 bits per heavy atom. The predicted octanol–water partition coefficient (Wildman–Crippen LogP) is 3.69. The molecule has 1 heterocycles. The van der Waals surface area contributed by atoms with Crippen molar-refractivity contribution in [2.75, 3.05) is 5.75 Å². The van der Waals surface area contributed by atoms with Crippen LogP contribution < -0.4 is 11.5 Å². The van der Waals surface area contributed by atoms with Crippen LogP contribution in [0, 0.1) is 43.4 Å². The van der Waals surface area contributed by atoms with Crippen molar-refractivity contribution in [3.8, 4) is 6.07 Å². The van der Waals surface area contributed by atoms with Gasteiger partial charge in [-0.25, -0.2) is 4.99 Å². The Balaban J connectivity index is 1.96. The standard InChI is InChI=1S/C23H28N4O2S/c1-13-9-15(3)16(10-14(13)2)18(28)12-30-22-19(21(26)29)23(7-5-4-6-8-23)17(11-24)20(25)27-22/h9-10,17H,4-8,12H2,1-3H3,(H2,25,27)(H2,26,29). The zero-order chi connectivity index (χ0) is 22.1. The summed E-state index contributed by atoms with van der Waals surface area (Å²) in [5.41, 5.74) is 15.4. The van der Waals surface area contributed by atoms with Gasteiger partial charge in [0.2, 0.25) is 5.91 Å². The number of nitrogens with two attached hydrogens (primary N) is 2. The number of amidine groups is 1. The van der Waals surface area contributed by atoms with Crippen LogP contribution in [0.25, 0.3) is 0 Å². The Bertz CT molecular complexity index is 997. The maximum atomic E-state index is 12.9. The fourth-order valence-electron chi connectivity index (χ4n) is 4.72. The molecule has 1 aromatic rings. The molecule has 1 aliphatic carbocycles. The van der Waals surface area contributed by atoms with Gasteiger partial charge in [-0.15, -0.1) is 0 Å². The van der Waals surface area contributed by atoms with Gasteiger partial charge in [0, 0.05) is 11.0 Å². The van der Waals surface area contributed by atoms with Gasteiger partial charge in [0.1, 0.15) is 16.8 Å². The van der Waals surface area contributed by atoms with E-state index in [1.165, 1.54) is 11.8 Å². The van der Waals surface area contributed by atoms with E-state index in [1.54, 1.807) is 0 Å². The Kier molecular flexibility index (Phi) is 6.37. The molecule has 1 fully saturated rings. The van der Waals surface area contributed by atoms with Crippen LogP contribution in [-0.2, 0) is 4.79 Å². The number of carbonyl (C=O) groups excluding carboxylic acids is 2. The van der Waals surface area contributed by atoms with Crippen molar-refractivity contribution in [2.24, 2.45) is 27.8 Å². The number of rotatable bonds is 5. The first kappa shape index (κ1) is 22.1. The number of hydrogen-bond acceptors (Lipinski definition) is 6. The van der Waals surface area contributed by atoms with Crippen molar-refractivity contribution in [3.63, 3.8) is 0 Å². The number of ketones is 1. The lowest BCUT2D eigenvalue weighted by Crippen LogP contribution is -2.47. The molecule has 1 unspecified atom stereocenters. The van der Waals surface area contributed by atoms with Crippen molar-refractivity contribution in [1.82, 2.24) is 0 Å². The van der Waals surface area contributed by atoms with E-state index in [4.69, 9.17) is 11.5 Å². The Morgan fingerprint density at radius 3 is 2.40 bits per heavy atom. The molecule has 0 radical (unpaired) electrons. The fraction of sp³-hybridized carbons (Fsp3) is 0.478. The van der Waals surface area contributed by atoms with Crippen molar-refractivity contribution in [3.05, 3.63) is 45.0 Å². The molecule has 2 aliphatic rings. The third-order valence-electron chi connectivity index (χ3n) is 6.39. The van der Waals surface area contributed by atoms with E-state index in [-0.39, 0.29) is 17.4 Å². The van der Waals surface area contributed by atoms with Crippen molar-refractivity contribution in [1.29, 1.82) is 5.26 Å². The van der Waals surface area contributed by atoms with Crippen LogP contribution in [0.5, 0.6) is 0 Å². The first-order valence-electron chi connectivity index (χ1n) is 10.2.